The molecule has 2 aromatic rings. The summed E-state index contributed by atoms with van der Waals surface area (Å²) in [5.41, 5.74) is 4.65. The second-order valence-corrected chi connectivity index (χ2v) is 5.48. The Hall–Kier alpha value is -1.81. The molecule has 2 rings (SSSR count). The smallest absolute Gasteiger partial charge is 0.124 e. The molecule has 1 N–H and O–H groups in total. The number of ether oxygens (including phenoxy) is 1. The summed E-state index contributed by atoms with van der Waals surface area (Å²) in [6, 6.07) is 6.42. The molecule has 4 nitrogen and oxygen atoms in total. The van der Waals surface area contributed by atoms with Crippen LogP contribution in [0.4, 0.5) is 0 Å². The first-order chi connectivity index (χ1) is 10.1. The largest absolute Gasteiger partial charge is 0.496 e. The van der Waals surface area contributed by atoms with Crippen molar-refractivity contribution >= 4 is 0 Å². The third kappa shape index (κ3) is 3.45. The summed E-state index contributed by atoms with van der Waals surface area (Å²) in [6.45, 7) is 7.29. The van der Waals surface area contributed by atoms with Gasteiger partial charge in [0.2, 0.25) is 0 Å². The normalized spacial score (nSPS) is 12.4. The molecular formula is C17H25N3O. The Balaban J connectivity index is 2.50. The van der Waals surface area contributed by atoms with Gasteiger partial charge in [-0.25, -0.2) is 0 Å². The van der Waals surface area contributed by atoms with Crippen LogP contribution in [0.2, 0.25) is 0 Å². The third-order valence-corrected chi connectivity index (χ3v) is 3.66. The molecule has 0 saturated carbocycles. The number of methoxy groups -OCH3 is 1. The van der Waals surface area contributed by atoms with E-state index in [2.05, 4.69) is 49.5 Å². The fourth-order valence-corrected chi connectivity index (χ4v) is 2.66. The Morgan fingerprint density at radius 2 is 2.05 bits per heavy atom. The maximum atomic E-state index is 5.56. The zero-order chi connectivity index (χ0) is 15.4. The van der Waals surface area contributed by atoms with Gasteiger partial charge in [-0.15, -0.1) is 0 Å². The van der Waals surface area contributed by atoms with Gasteiger partial charge in [-0.2, -0.15) is 5.10 Å². The van der Waals surface area contributed by atoms with Crippen molar-refractivity contribution in [3.63, 3.8) is 0 Å². The second-order valence-electron chi connectivity index (χ2n) is 5.48. The van der Waals surface area contributed by atoms with Gasteiger partial charge in [-0.3, -0.25) is 4.68 Å². The standard InChI is InChI=1S/C17H25N3O/c1-6-9-18-17(15-11-20(4)19-13(15)3)14-10-12(2)7-8-16(14)21-5/h7-8,10-11,17-18H,6,9H2,1-5H3. The number of hydrogen-bond donors (Lipinski definition) is 1. The lowest BCUT2D eigenvalue weighted by Crippen LogP contribution is -2.24. The average molecular weight is 287 g/mol. The molecule has 0 radical (unpaired) electrons. The van der Waals surface area contributed by atoms with Crippen molar-refractivity contribution in [1.82, 2.24) is 15.1 Å². The molecule has 1 unspecified atom stereocenters. The van der Waals surface area contributed by atoms with Gasteiger partial charge in [0.1, 0.15) is 5.75 Å². The Labute approximate surface area is 127 Å². The molecule has 0 aliphatic carbocycles. The molecule has 114 valence electrons. The van der Waals surface area contributed by atoms with E-state index < -0.39 is 0 Å². The first kappa shape index (κ1) is 15.6. The Kier molecular flexibility index (Phi) is 5.02. The number of rotatable bonds is 6. The topological polar surface area (TPSA) is 39.1 Å². The Morgan fingerprint density at radius 1 is 1.29 bits per heavy atom. The van der Waals surface area contributed by atoms with Crippen molar-refractivity contribution < 1.29 is 4.74 Å². The van der Waals surface area contributed by atoms with Gasteiger partial charge in [-0.05, 0) is 32.9 Å². The highest BCUT2D eigenvalue weighted by atomic mass is 16.5. The molecule has 4 heteroatoms. The number of nitrogens with zero attached hydrogens (tertiary/aromatic N) is 2. The highest BCUT2D eigenvalue weighted by Crippen LogP contribution is 2.32. The average Bonchev–Trinajstić information content (AvgIpc) is 2.78. The number of aromatic nitrogens is 2. The summed E-state index contributed by atoms with van der Waals surface area (Å²) in [4.78, 5) is 0. The van der Waals surface area contributed by atoms with Gasteiger partial charge in [0, 0.05) is 24.4 Å². The van der Waals surface area contributed by atoms with Crippen LogP contribution in [0.3, 0.4) is 0 Å². The van der Waals surface area contributed by atoms with Crippen molar-refractivity contribution in [2.75, 3.05) is 13.7 Å². The van der Waals surface area contributed by atoms with E-state index in [1.165, 1.54) is 16.7 Å². The van der Waals surface area contributed by atoms with E-state index in [4.69, 9.17) is 4.74 Å². The van der Waals surface area contributed by atoms with Gasteiger partial charge in [0.15, 0.2) is 0 Å². The molecule has 1 atom stereocenters. The van der Waals surface area contributed by atoms with Gasteiger partial charge < -0.3 is 10.1 Å². The van der Waals surface area contributed by atoms with Crippen molar-refractivity contribution in [2.24, 2.45) is 7.05 Å². The summed E-state index contributed by atoms with van der Waals surface area (Å²) in [5.74, 6) is 0.914. The highest BCUT2D eigenvalue weighted by Gasteiger charge is 2.21. The van der Waals surface area contributed by atoms with Gasteiger partial charge in [0.05, 0.1) is 18.8 Å². The van der Waals surface area contributed by atoms with E-state index >= 15 is 0 Å². The monoisotopic (exact) mass is 287 g/mol. The van der Waals surface area contributed by atoms with Crippen LogP contribution in [0, 0.1) is 13.8 Å². The lowest BCUT2D eigenvalue weighted by atomic mass is 9.96. The number of aryl methyl sites for hydroxylation is 3. The van der Waals surface area contributed by atoms with Crippen LogP contribution < -0.4 is 10.1 Å². The van der Waals surface area contributed by atoms with Crippen molar-refractivity contribution in [1.29, 1.82) is 0 Å². The number of benzene rings is 1. The van der Waals surface area contributed by atoms with E-state index in [0.29, 0.717) is 0 Å². The summed E-state index contributed by atoms with van der Waals surface area (Å²) >= 11 is 0. The Bertz CT molecular complexity index is 604. The summed E-state index contributed by atoms with van der Waals surface area (Å²) in [7, 11) is 3.68. The predicted molar refractivity (Wildman–Crippen MR) is 85.8 cm³/mol. The minimum absolute atomic E-state index is 0.105. The van der Waals surface area contributed by atoms with E-state index in [-0.39, 0.29) is 6.04 Å². The first-order valence-electron chi connectivity index (χ1n) is 7.44. The number of hydrogen-bond acceptors (Lipinski definition) is 3. The van der Waals surface area contributed by atoms with E-state index in [1.54, 1.807) is 7.11 Å². The van der Waals surface area contributed by atoms with Crippen LogP contribution in [-0.4, -0.2) is 23.4 Å². The van der Waals surface area contributed by atoms with Crippen LogP contribution in [0.1, 0.15) is 41.8 Å². The second kappa shape index (κ2) is 6.76. The van der Waals surface area contributed by atoms with Crippen LogP contribution >= 0.6 is 0 Å². The zero-order valence-electron chi connectivity index (χ0n) is 13.6. The molecule has 0 saturated heterocycles. The predicted octanol–water partition coefficient (Wildman–Crippen LogP) is 3.13. The SMILES string of the molecule is CCCNC(c1cc(C)ccc1OC)c1cn(C)nc1C. The van der Waals surface area contributed by atoms with E-state index in [0.717, 1.165) is 24.4 Å². The molecule has 0 fully saturated rings. The molecule has 0 bridgehead atoms. The van der Waals surface area contributed by atoms with Crippen LogP contribution in [-0.2, 0) is 7.05 Å². The van der Waals surface area contributed by atoms with Crippen LogP contribution in [0.25, 0.3) is 0 Å². The molecule has 0 aliphatic heterocycles. The van der Waals surface area contributed by atoms with Crippen molar-refractivity contribution in [3.05, 3.63) is 46.8 Å². The highest BCUT2D eigenvalue weighted by molar-refractivity contribution is 5.44. The summed E-state index contributed by atoms with van der Waals surface area (Å²) in [5, 5.41) is 8.10. The van der Waals surface area contributed by atoms with Crippen molar-refractivity contribution in [2.45, 2.75) is 33.2 Å². The fourth-order valence-electron chi connectivity index (χ4n) is 2.66. The lowest BCUT2D eigenvalue weighted by Gasteiger charge is -2.21. The molecule has 21 heavy (non-hydrogen) atoms. The van der Waals surface area contributed by atoms with Gasteiger partial charge in [0.25, 0.3) is 0 Å². The third-order valence-electron chi connectivity index (χ3n) is 3.66. The van der Waals surface area contributed by atoms with E-state index in [1.807, 2.05) is 17.8 Å². The summed E-state index contributed by atoms with van der Waals surface area (Å²) in [6.07, 6.45) is 3.17. The minimum Gasteiger partial charge on any atom is -0.496 e. The quantitative estimate of drug-likeness (QED) is 0.887. The van der Waals surface area contributed by atoms with Gasteiger partial charge >= 0.3 is 0 Å². The minimum atomic E-state index is 0.105. The first-order valence-corrected chi connectivity index (χ1v) is 7.44. The van der Waals surface area contributed by atoms with Crippen LogP contribution in [0.5, 0.6) is 5.75 Å². The molecule has 0 aliphatic rings. The molecule has 1 aromatic heterocycles. The van der Waals surface area contributed by atoms with Gasteiger partial charge in [-0.1, -0.05) is 24.6 Å². The molecule has 1 aromatic carbocycles. The molecule has 1 heterocycles. The van der Waals surface area contributed by atoms with Crippen LogP contribution in [0.15, 0.2) is 24.4 Å². The van der Waals surface area contributed by atoms with E-state index in [9.17, 15) is 0 Å². The molecule has 0 amide bonds. The molecular weight excluding hydrogens is 262 g/mol. The number of nitrogens with one attached hydrogen (secondary N) is 1. The summed E-state index contributed by atoms with van der Waals surface area (Å²) < 4.78 is 7.43. The molecule has 0 spiro atoms. The maximum absolute atomic E-state index is 5.56. The Morgan fingerprint density at radius 3 is 2.62 bits per heavy atom. The zero-order valence-corrected chi connectivity index (χ0v) is 13.6. The maximum Gasteiger partial charge on any atom is 0.124 e. The fraction of sp³-hybridized carbons (Fsp3) is 0.471. The lowest BCUT2D eigenvalue weighted by molar-refractivity contribution is 0.403. The van der Waals surface area contributed by atoms with Crippen molar-refractivity contribution in [3.8, 4) is 5.75 Å².